The van der Waals surface area contributed by atoms with Gasteiger partial charge in [0.2, 0.25) is 0 Å². The maximum atomic E-state index is 9.61. The van der Waals surface area contributed by atoms with Gasteiger partial charge in [-0.2, -0.15) is 0 Å². The summed E-state index contributed by atoms with van der Waals surface area (Å²) in [5.41, 5.74) is 4.53. The van der Waals surface area contributed by atoms with Gasteiger partial charge < -0.3 is 5.11 Å². The summed E-state index contributed by atoms with van der Waals surface area (Å²) in [5, 5.41) is 9.61. The van der Waals surface area contributed by atoms with Crippen molar-refractivity contribution in [2.75, 3.05) is 6.54 Å². The minimum absolute atomic E-state index is 0.409. The lowest BCUT2D eigenvalue weighted by molar-refractivity contribution is 0.469. The summed E-state index contributed by atoms with van der Waals surface area (Å²) >= 11 is 0. The molecule has 2 rings (SSSR count). The van der Waals surface area contributed by atoms with Gasteiger partial charge in [0, 0.05) is 12.8 Å². The molecule has 0 bridgehead atoms. The van der Waals surface area contributed by atoms with E-state index in [2.05, 4.69) is 4.99 Å². The quantitative estimate of drug-likeness (QED) is 0.642. The molecule has 1 aromatic rings. The van der Waals surface area contributed by atoms with E-state index in [1.165, 1.54) is 11.1 Å². The Kier molecular flexibility index (Phi) is 1.83. The number of fused-ring (bicyclic) bond motifs is 1. The lowest BCUT2D eigenvalue weighted by atomic mass is 9.94. The summed E-state index contributed by atoms with van der Waals surface area (Å²) in [4.78, 5) is 4.24. The first kappa shape index (κ1) is 8.30. The molecular weight excluding hydrogens is 162 g/mol. The van der Waals surface area contributed by atoms with Gasteiger partial charge >= 0.3 is 0 Å². The van der Waals surface area contributed by atoms with E-state index in [1.54, 1.807) is 0 Å². The summed E-state index contributed by atoms with van der Waals surface area (Å²) in [7, 11) is 0. The maximum Gasteiger partial charge on any atom is 0.119 e. The van der Waals surface area contributed by atoms with Gasteiger partial charge in [-0.3, -0.25) is 4.99 Å². The first-order chi connectivity index (χ1) is 6.20. The highest BCUT2D eigenvalue weighted by Crippen LogP contribution is 2.27. The van der Waals surface area contributed by atoms with Gasteiger partial charge in [-0.1, -0.05) is 0 Å². The monoisotopic (exact) mass is 175 g/mol. The van der Waals surface area contributed by atoms with Crippen molar-refractivity contribution in [3.05, 3.63) is 28.3 Å². The van der Waals surface area contributed by atoms with Gasteiger partial charge in [-0.15, -0.1) is 0 Å². The molecule has 1 aromatic carbocycles. The van der Waals surface area contributed by atoms with Gasteiger partial charge in [-0.25, -0.2) is 0 Å². The van der Waals surface area contributed by atoms with Crippen LogP contribution in [0.25, 0.3) is 0 Å². The average molecular weight is 175 g/mol. The molecule has 1 N–H and O–H groups in total. The standard InChI is InChI=1S/C11H13NO/c1-7-8(2)11(13)5-9-3-4-12-6-10(7)9/h5-6,13H,3-4H2,1-2H3. The van der Waals surface area contributed by atoms with E-state index in [4.69, 9.17) is 0 Å². The SMILES string of the molecule is Cc1c(O)cc2c(c1C)C=NCC2. The van der Waals surface area contributed by atoms with Crippen LogP contribution in [0.4, 0.5) is 0 Å². The molecule has 0 fully saturated rings. The van der Waals surface area contributed by atoms with Crippen LogP contribution in [-0.4, -0.2) is 17.9 Å². The van der Waals surface area contributed by atoms with Crippen molar-refractivity contribution in [2.45, 2.75) is 20.3 Å². The average Bonchev–Trinajstić information content (AvgIpc) is 2.15. The second-order valence-electron chi connectivity index (χ2n) is 3.50. The number of hydrogen-bond acceptors (Lipinski definition) is 2. The Balaban J connectivity index is 2.69. The molecule has 1 aliphatic heterocycles. The second-order valence-corrected chi connectivity index (χ2v) is 3.50. The molecule has 1 aliphatic rings. The van der Waals surface area contributed by atoms with Crippen LogP contribution in [0, 0.1) is 13.8 Å². The molecule has 2 heteroatoms. The minimum atomic E-state index is 0.409. The molecule has 2 nitrogen and oxygen atoms in total. The molecule has 1 heterocycles. The number of aliphatic imine (C=N–C) groups is 1. The van der Waals surface area contributed by atoms with Gasteiger partial charge in [-0.05, 0) is 48.6 Å². The van der Waals surface area contributed by atoms with Gasteiger partial charge in [0.1, 0.15) is 5.75 Å². The minimum Gasteiger partial charge on any atom is -0.508 e. The highest BCUT2D eigenvalue weighted by atomic mass is 16.3. The highest BCUT2D eigenvalue weighted by Gasteiger charge is 2.12. The van der Waals surface area contributed by atoms with E-state index in [-0.39, 0.29) is 0 Å². The third-order valence-electron chi connectivity index (χ3n) is 2.74. The van der Waals surface area contributed by atoms with Gasteiger partial charge in [0.15, 0.2) is 0 Å². The first-order valence-corrected chi connectivity index (χ1v) is 4.52. The molecule has 0 saturated carbocycles. The zero-order valence-corrected chi connectivity index (χ0v) is 7.96. The molecule has 0 unspecified atom stereocenters. The van der Waals surface area contributed by atoms with E-state index < -0.39 is 0 Å². The number of rotatable bonds is 0. The van der Waals surface area contributed by atoms with Gasteiger partial charge in [0.05, 0.1) is 0 Å². The summed E-state index contributed by atoms with van der Waals surface area (Å²) in [5.74, 6) is 0.409. The van der Waals surface area contributed by atoms with E-state index >= 15 is 0 Å². The van der Waals surface area contributed by atoms with Crippen LogP contribution < -0.4 is 0 Å². The summed E-state index contributed by atoms with van der Waals surface area (Å²) < 4.78 is 0. The number of phenols is 1. The van der Waals surface area contributed by atoms with Crippen molar-refractivity contribution < 1.29 is 5.11 Å². The van der Waals surface area contributed by atoms with E-state index in [1.807, 2.05) is 26.1 Å². The number of benzene rings is 1. The van der Waals surface area contributed by atoms with Crippen LogP contribution in [0.1, 0.15) is 22.3 Å². The van der Waals surface area contributed by atoms with Crippen LogP contribution in [0.3, 0.4) is 0 Å². The van der Waals surface area contributed by atoms with Crippen molar-refractivity contribution in [2.24, 2.45) is 4.99 Å². The Labute approximate surface area is 77.9 Å². The third-order valence-corrected chi connectivity index (χ3v) is 2.74. The van der Waals surface area contributed by atoms with Crippen molar-refractivity contribution in [3.8, 4) is 5.75 Å². The van der Waals surface area contributed by atoms with E-state index in [0.717, 1.165) is 24.1 Å². The number of nitrogens with zero attached hydrogens (tertiary/aromatic N) is 1. The molecule has 0 aliphatic carbocycles. The second kappa shape index (κ2) is 2.87. The van der Waals surface area contributed by atoms with Crippen LogP contribution in [0.5, 0.6) is 5.75 Å². The summed E-state index contributed by atoms with van der Waals surface area (Å²) in [6.07, 6.45) is 2.86. The molecular formula is C11H13NO. The normalized spacial score (nSPS) is 14.3. The third kappa shape index (κ3) is 1.22. The van der Waals surface area contributed by atoms with Crippen LogP contribution in [-0.2, 0) is 6.42 Å². The first-order valence-electron chi connectivity index (χ1n) is 4.52. The molecule has 0 spiro atoms. The fraction of sp³-hybridized carbons (Fsp3) is 0.364. The zero-order chi connectivity index (χ0) is 9.42. The number of phenolic OH excluding ortho intramolecular Hbond substituents is 1. The van der Waals surface area contributed by atoms with Gasteiger partial charge in [0.25, 0.3) is 0 Å². The molecule has 68 valence electrons. The topological polar surface area (TPSA) is 32.6 Å². The fourth-order valence-corrected chi connectivity index (χ4v) is 1.71. The fourth-order valence-electron chi connectivity index (χ4n) is 1.71. The number of hydrogen-bond donors (Lipinski definition) is 1. The molecule has 0 amide bonds. The van der Waals surface area contributed by atoms with Crippen molar-refractivity contribution in [1.29, 1.82) is 0 Å². The van der Waals surface area contributed by atoms with Crippen molar-refractivity contribution >= 4 is 6.21 Å². The van der Waals surface area contributed by atoms with E-state index in [9.17, 15) is 5.11 Å². The Morgan fingerprint density at radius 2 is 2.08 bits per heavy atom. The largest absolute Gasteiger partial charge is 0.508 e. The maximum absolute atomic E-state index is 9.61. The molecule has 0 radical (unpaired) electrons. The number of aromatic hydroxyl groups is 1. The highest BCUT2D eigenvalue weighted by molar-refractivity contribution is 5.86. The van der Waals surface area contributed by atoms with Crippen molar-refractivity contribution in [1.82, 2.24) is 0 Å². The Morgan fingerprint density at radius 1 is 1.31 bits per heavy atom. The lowest BCUT2D eigenvalue weighted by Gasteiger charge is -2.15. The predicted molar refractivity (Wildman–Crippen MR) is 53.7 cm³/mol. The molecule has 13 heavy (non-hydrogen) atoms. The Morgan fingerprint density at radius 3 is 2.85 bits per heavy atom. The molecule has 0 saturated heterocycles. The Bertz CT molecular complexity index is 380. The van der Waals surface area contributed by atoms with Crippen LogP contribution in [0.2, 0.25) is 0 Å². The van der Waals surface area contributed by atoms with E-state index in [0.29, 0.717) is 5.75 Å². The smallest absolute Gasteiger partial charge is 0.119 e. The summed E-state index contributed by atoms with van der Waals surface area (Å²) in [6.45, 7) is 4.81. The van der Waals surface area contributed by atoms with Crippen LogP contribution in [0.15, 0.2) is 11.1 Å². The van der Waals surface area contributed by atoms with Crippen LogP contribution >= 0.6 is 0 Å². The molecule has 0 aromatic heterocycles. The summed E-state index contributed by atoms with van der Waals surface area (Å²) in [6, 6.07) is 1.86. The predicted octanol–water partition coefficient (Wildman–Crippen LogP) is 1.98. The lowest BCUT2D eigenvalue weighted by Crippen LogP contribution is -2.06. The van der Waals surface area contributed by atoms with Crippen molar-refractivity contribution in [3.63, 3.8) is 0 Å². The molecule has 0 atom stereocenters. The Hall–Kier alpha value is -1.31. The zero-order valence-electron chi connectivity index (χ0n) is 7.96.